The Morgan fingerprint density at radius 2 is 1.85 bits per heavy atom. The Hall–Kier alpha value is -2.44. The van der Waals surface area contributed by atoms with Crippen molar-refractivity contribution in [2.24, 2.45) is 0 Å². The summed E-state index contributed by atoms with van der Waals surface area (Å²) >= 11 is 0. The lowest BCUT2D eigenvalue weighted by atomic mass is 10.0. The number of hydrogen-bond acceptors (Lipinski definition) is 5. The molecule has 0 saturated carbocycles. The highest BCUT2D eigenvalue weighted by molar-refractivity contribution is 5.94. The molecule has 4 rings (SSSR count). The van der Waals surface area contributed by atoms with Crippen LogP contribution in [0, 0.1) is 0 Å². The molecule has 1 atom stereocenters. The molecule has 0 aliphatic carbocycles. The fraction of sp³-hybridized carbons (Fsp3) is 0.429. The second-order valence-electron chi connectivity index (χ2n) is 7.11. The maximum absolute atomic E-state index is 12.9. The van der Waals surface area contributed by atoms with E-state index in [-0.39, 0.29) is 11.9 Å². The third-order valence-corrected chi connectivity index (χ3v) is 5.30. The van der Waals surface area contributed by atoms with Gasteiger partial charge in [-0.05, 0) is 24.6 Å². The average molecular weight is 367 g/mol. The van der Waals surface area contributed by atoms with E-state index in [2.05, 4.69) is 29.4 Å². The Morgan fingerprint density at radius 1 is 1.15 bits per heavy atom. The Labute approximate surface area is 159 Å². The molecule has 2 saturated heterocycles. The van der Waals surface area contributed by atoms with Crippen LogP contribution in [-0.4, -0.2) is 47.9 Å². The predicted molar refractivity (Wildman–Crippen MR) is 102 cm³/mol. The molecule has 2 aliphatic heterocycles. The first kappa shape index (κ1) is 17.9. The summed E-state index contributed by atoms with van der Waals surface area (Å²) in [6.07, 6.45) is 3.13. The number of rotatable bonds is 4. The number of amides is 1. The van der Waals surface area contributed by atoms with Gasteiger partial charge in [-0.25, -0.2) is 4.98 Å². The SMILES string of the molecule is CC(Nc1cc(C(=O)N2CCC3(CC2)OCCO3)ccn1)c1ccccc1. The summed E-state index contributed by atoms with van der Waals surface area (Å²) in [4.78, 5) is 19.1. The van der Waals surface area contributed by atoms with E-state index in [1.807, 2.05) is 29.2 Å². The molecule has 0 bridgehead atoms. The molecule has 2 aliphatic rings. The minimum absolute atomic E-state index is 0.0284. The zero-order chi connectivity index (χ0) is 18.7. The van der Waals surface area contributed by atoms with Crippen LogP contribution in [0.1, 0.15) is 41.7 Å². The molecule has 1 aromatic heterocycles. The molecule has 3 heterocycles. The number of aromatic nitrogens is 1. The summed E-state index contributed by atoms with van der Waals surface area (Å²) in [5, 5.41) is 3.37. The first-order valence-electron chi connectivity index (χ1n) is 9.50. The first-order chi connectivity index (χ1) is 13.2. The molecule has 1 N–H and O–H groups in total. The normalized spacial score (nSPS) is 19.8. The van der Waals surface area contributed by atoms with Crippen LogP contribution in [0.2, 0.25) is 0 Å². The van der Waals surface area contributed by atoms with Gasteiger partial charge in [0.15, 0.2) is 5.79 Å². The molecular formula is C21H25N3O3. The van der Waals surface area contributed by atoms with E-state index >= 15 is 0 Å². The lowest BCUT2D eigenvalue weighted by Gasteiger charge is -2.37. The minimum atomic E-state index is -0.465. The lowest BCUT2D eigenvalue weighted by Crippen LogP contribution is -2.47. The third kappa shape index (κ3) is 3.96. The van der Waals surface area contributed by atoms with E-state index in [1.54, 1.807) is 12.3 Å². The molecule has 2 aromatic rings. The number of ether oxygens (including phenoxy) is 2. The van der Waals surface area contributed by atoms with Gasteiger partial charge in [0.2, 0.25) is 0 Å². The van der Waals surface area contributed by atoms with Crippen molar-refractivity contribution < 1.29 is 14.3 Å². The molecule has 1 aromatic carbocycles. The van der Waals surface area contributed by atoms with Crippen molar-refractivity contribution in [3.05, 3.63) is 59.8 Å². The minimum Gasteiger partial charge on any atom is -0.364 e. The summed E-state index contributed by atoms with van der Waals surface area (Å²) in [7, 11) is 0. The summed E-state index contributed by atoms with van der Waals surface area (Å²) in [6, 6.07) is 13.9. The van der Waals surface area contributed by atoms with E-state index in [1.165, 1.54) is 5.56 Å². The number of nitrogens with one attached hydrogen (secondary N) is 1. The highest BCUT2D eigenvalue weighted by Gasteiger charge is 2.40. The van der Waals surface area contributed by atoms with Crippen LogP contribution in [0.5, 0.6) is 0 Å². The van der Waals surface area contributed by atoms with Crippen molar-refractivity contribution in [1.82, 2.24) is 9.88 Å². The largest absolute Gasteiger partial charge is 0.364 e. The van der Waals surface area contributed by atoms with Gasteiger partial charge in [-0.15, -0.1) is 0 Å². The van der Waals surface area contributed by atoms with E-state index in [4.69, 9.17) is 9.47 Å². The number of pyridine rings is 1. The molecule has 1 amide bonds. The van der Waals surface area contributed by atoms with E-state index in [9.17, 15) is 4.79 Å². The summed E-state index contributed by atoms with van der Waals surface area (Å²) in [5.74, 6) is 0.265. The first-order valence-corrected chi connectivity index (χ1v) is 9.50. The number of carbonyl (C=O) groups excluding carboxylic acids is 1. The number of hydrogen-bond donors (Lipinski definition) is 1. The maximum Gasteiger partial charge on any atom is 0.254 e. The van der Waals surface area contributed by atoms with E-state index < -0.39 is 5.79 Å². The molecule has 1 spiro atoms. The smallest absolute Gasteiger partial charge is 0.254 e. The van der Waals surface area contributed by atoms with E-state index in [0.717, 1.165) is 12.8 Å². The molecule has 6 heteroatoms. The van der Waals surface area contributed by atoms with Crippen LogP contribution in [0.25, 0.3) is 0 Å². The van der Waals surface area contributed by atoms with Crippen LogP contribution in [0.15, 0.2) is 48.7 Å². The number of nitrogens with zero attached hydrogens (tertiary/aromatic N) is 2. The van der Waals surface area contributed by atoms with Gasteiger partial charge in [-0.2, -0.15) is 0 Å². The number of benzene rings is 1. The van der Waals surface area contributed by atoms with Crippen LogP contribution in [0.3, 0.4) is 0 Å². The molecule has 0 radical (unpaired) electrons. The van der Waals surface area contributed by atoms with Crippen molar-refractivity contribution in [1.29, 1.82) is 0 Å². The summed E-state index contributed by atoms with van der Waals surface area (Å²) in [6.45, 7) is 4.66. The second kappa shape index (κ2) is 7.66. The fourth-order valence-electron chi connectivity index (χ4n) is 3.71. The fourth-order valence-corrected chi connectivity index (χ4v) is 3.71. The zero-order valence-corrected chi connectivity index (χ0v) is 15.6. The Balaban J connectivity index is 1.40. The number of carbonyl (C=O) groups is 1. The number of piperidine rings is 1. The van der Waals surface area contributed by atoms with Gasteiger partial charge in [0.1, 0.15) is 5.82 Å². The zero-order valence-electron chi connectivity index (χ0n) is 15.6. The number of likely N-dealkylation sites (tertiary alicyclic amines) is 1. The third-order valence-electron chi connectivity index (χ3n) is 5.30. The van der Waals surface area contributed by atoms with Crippen molar-refractivity contribution in [2.75, 3.05) is 31.6 Å². The summed E-state index contributed by atoms with van der Waals surface area (Å²) < 4.78 is 11.5. The molecule has 6 nitrogen and oxygen atoms in total. The number of anilines is 1. The summed E-state index contributed by atoms with van der Waals surface area (Å²) in [5.41, 5.74) is 1.82. The lowest BCUT2D eigenvalue weighted by molar-refractivity contribution is -0.181. The monoisotopic (exact) mass is 367 g/mol. The Bertz CT molecular complexity index is 780. The second-order valence-corrected chi connectivity index (χ2v) is 7.11. The molecule has 2 fully saturated rings. The van der Waals surface area contributed by atoms with Gasteiger partial charge in [-0.1, -0.05) is 30.3 Å². The van der Waals surface area contributed by atoms with Gasteiger partial charge < -0.3 is 19.7 Å². The van der Waals surface area contributed by atoms with Crippen molar-refractivity contribution in [3.8, 4) is 0 Å². The Kier molecular flexibility index (Phi) is 5.09. The van der Waals surface area contributed by atoms with E-state index in [0.29, 0.717) is 37.7 Å². The van der Waals surface area contributed by atoms with Gasteiger partial charge in [0.05, 0.1) is 13.2 Å². The topological polar surface area (TPSA) is 63.7 Å². The average Bonchev–Trinajstić information content (AvgIpc) is 3.17. The van der Waals surface area contributed by atoms with Gasteiger partial charge in [-0.3, -0.25) is 4.79 Å². The highest BCUT2D eigenvalue weighted by atomic mass is 16.7. The van der Waals surface area contributed by atoms with Crippen molar-refractivity contribution in [2.45, 2.75) is 31.6 Å². The molecule has 142 valence electrons. The quantitative estimate of drug-likeness (QED) is 0.899. The highest BCUT2D eigenvalue weighted by Crippen LogP contribution is 2.31. The van der Waals surface area contributed by atoms with Crippen LogP contribution in [-0.2, 0) is 9.47 Å². The van der Waals surface area contributed by atoms with Crippen LogP contribution in [0.4, 0.5) is 5.82 Å². The molecule has 27 heavy (non-hydrogen) atoms. The van der Waals surface area contributed by atoms with Crippen molar-refractivity contribution >= 4 is 11.7 Å². The predicted octanol–water partition coefficient (Wildman–Crippen LogP) is 3.23. The van der Waals surface area contributed by atoms with Crippen LogP contribution < -0.4 is 5.32 Å². The van der Waals surface area contributed by atoms with Gasteiger partial charge in [0, 0.05) is 43.7 Å². The van der Waals surface area contributed by atoms with Gasteiger partial charge in [0.25, 0.3) is 5.91 Å². The Morgan fingerprint density at radius 3 is 2.56 bits per heavy atom. The van der Waals surface area contributed by atoms with Crippen LogP contribution >= 0.6 is 0 Å². The van der Waals surface area contributed by atoms with Crippen molar-refractivity contribution in [3.63, 3.8) is 0 Å². The van der Waals surface area contributed by atoms with Gasteiger partial charge >= 0.3 is 0 Å². The maximum atomic E-state index is 12.9. The standard InChI is InChI=1S/C21H25N3O3/c1-16(17-5-3-2-4-6-17)23-19-15-18(7-10-22-19)20(25)24-11-8-21(9-12-24)26-13-14-27-21/h2-7,10,15-16H,8-9,11-14H2,1H3,(H,22,23). The molecular weight excluding hydrogens is 342 g/mol. The molecule has 1 unspecified atom stereocenters.